The molecule has 1 saturated heterocycles. The Morgan fingerprint density at radius 3 is 2.39 bits per heavy atom. The quantitative estimate of drug-likeness (QED) is 0.590. The van der Waals surface area contributed by atoms with Gasteiger partial charge < -0.3 is 4.90 Å². The normalized spacial score (nSPS) is 17.5. The van der Waals surface area contributed by atoms with E-state index in [9.17, 15) is 18.0 Å². The largest absolute Gasteiger partial charge is 0.336 e. The summed E-state index contributed by atoms with van der Waals surface area (Å²) in [6, 6.07) is 13.4. The molecule has 5 rings (SSSR count). The van der Waals surface area contributed by atoms with Crippen molar-refractivity contribution >= 4 is 26.8 Å². The summed E-state index contributed by atoms with van der Waals surface area (Å²) < 4.78 is 28.9. The maximum atomic E-state index is 13.1. The SMILES string of the molecule is O=C(c1ccc2c(=O)n3c(nc2c1)CCCCC3)N1CCN(S(=O)(=O)c2ccccc2)CC1. The van der Waals surface area contributed by atoms with Crippen LogP contribution in [0.5, 0.6) is 0 Å². The van der Waals surface area contributed by atoms with Crippen LogP contribution >= 0.6 is 0 Å². The number of rotatable bonds is 3. The lowest BCUT2D eigenvalue weighted by Crippen LogP contribution is -2.50. The van der Waals surface area contributed by atoms with Crippen molar-refractivity contribution in [1.82, 2.24) is 18.8 Å². The van der Waals surface area contributed by atoms with Crippen LogP contribution in [-0.2, 0) is 23.0 Å². The zero-order valence-electron chi connectivity index (χ0n) is 18.3. The number of hydrogen-bond donors (Lipinski definition) is 0. The zero-order valence-corrected chi connectivity index (χ0v) is 19.1. The molecule has 0 unspecified atom stereocenters. The van der Waals surface area contributed by atoms with Crippen LogP contribution in [-0.4, -0.2) is 59.3 Å². The fraction of sp³-hybridized carbons (Fsp3) is 0.375. The average Bonchev–Trinajstić information content (AvgIpc) is 3.10. The van der Waals surface area contributed by atoms with Gasteiger partial charge in [-0.25, -0.2) is 13.4 Å². The Kier molecular flexibility index (Phi) is 5.76. The fourth-order valence-electron chi connectivity index (χ4n) is 4.61. The van der Waals surface area contributed by atoms with Crippen LogP contribution in [0, 0.1) is 0 Å². The molecule has 0 N–H and O–H groups in total. The molecule has 0 bridgehead atoms. The Morgan fingerprint density at radius 1 is 0.879 bits per heavy atom. The molecule has 2 aliphatic rings. The highest BCUT2D eigenvalue weighted by atomic mass is 32.2. The monoisotopic (exact) mass is 466 g/mol. The molecule has 33 heavy (non-hydrogen) atoms. The Balaban J connectivity index is 1.35. The third kappa shape index (κ3) is 4.06. The number of carbonyl (C=O) groups excluding carboxylic acids is 1. The Bertz CT molecular complexity index is 1360. The van der Waals surface area contributed by atoms with E-state index in [-0.39, 0.29) is 29.5 Å². The van der Waals surface area contributed by atoms with Gasteiger partial charge in [-0.05, 0) is 43.2 Å². The summed E-state index contributed by atoms with van der Waals surface area (Å²) in [4.78, 5) is 32.7. The van der Waals surface area contributed by atoms with E-state index < -0.39 is 10.0 Å². The third-order valence-electron chi connectivity index (χ3n) is 6.47. The highest BCUT2D eigenvalue weighted by Crippen LogP contribution is 2.20. The van der Waals surface area contributed by atoms with E-state index >= 15 is 0 Å². The van der Waals surface area contributed by atoms with E-state index in [1.807, 2.05) is 0 Å². The van der Waals surface area contributed by atoms with Crippen molar-refractivity contribution in [2.45, 2.75) is 37.1 Å². The van der Waals surface area contributed by atoms with Gasteiger partial charge in [-0.3, -0.25) is 14.2 Å². The first-order valence-electron chi connectivity index (χ1n) is 11.3. The van der Waals surface area contributed by atoms with Crippen molar-refractivity contribution in [3.8, 4) is 0 Å². The molecule has 172 valence electrons. The van der Waals surface area contributed by atoms with E-state index in [0.717, 1.165) is 31.5 Å². The molecule has 8 nitrogen and oxygen atoms in total. The van der Waals surface area contributed by atoms with Crippen molar-refractivity contribution in [3.05, 3.63) is 70.3 Å². The van der Waals surface area contributed by atoms with Gasteiger partial charge in [-0.15, -0.1) is 0 Å². The second kappa shape index (κ2) is 8.72. The lowest BCUT2D eigenvalue weighted by molar-refractivity contribution is 0.0698. The lowest BCUT2D eigenvalue weighted by atomic mass is 10.1. The van der Waals surface area contributed by atoms with Crippen molar-refractivity contribution < 1.29 is 13.2 Å². The third-order valence-corrected chi connectivity index (χ3v) is 8.38. The molecule has 3 aromatic rings. The predicted octanol–water partition coefficient (Wildman–Crippen LogP) is 2.27. The number of nitrogens with zero attached hydrogens (tertiary/aromatic N) is 4. The Hall–Kier alpha value is -3.04. The van der Waals surface area contributed by atoms with E-state index in [0.29, 0.717) is 36.1 Å². The second-order valence-electron chi connectivity index (χ2n) is 8.54. The van der Waals surface area contributed by atoms with Crippen LogP contribution in [0.25, 0.3) is 10.9 Å². The zero-order chi connectivity index (χ0) is 23.0. The van der Waals surface area contributed by atoms with Gasteiger partial charge in [-0.1, -0.05) is 24.6 Å². The summed E-state index contributed by atoms with van der Waals surface area (Å²) in [6.07, 6.45) is 3.82. The fourth-order valence-corrected chi connectivity index (χ4v) is 6.05. The number of aromatic nitrogens is 2. The summed E-state index contributed by atoms with van der Waals surface area (Å²) in [6.45, 7) is 1.79. The number of benzene rings is 2. The molecule has 9 heteroatoms. The minimum Gasteiger partial charge on any atom is -0.336 e. The van der Waals surface area contributed by atoms with Gasteiger partial charge in [0.05, 0.1) is 15.8 Å². The summed E-state index contributed by atoms with van der Waals surface area (Å²) in [7, 11) is -3.57. The maximum Gasteiger partial charge on any atom is 0.261 e. The lowest BCUT2D eigenvalue weighted by Gasteiger charge is -2.34. The standard InChI is InChI=1S/C24H26N4O4S/c29-23(26-13-15-27(16-14-26)33(31,32)19-7-3-1-4-8-19)18-10-11-20-21(17-18)25-22-9-5-2-6-12-28(22)24(20)30/h1,3-4,7-8,10-11,17H,2,5-6,9,12-16H2. The first kappa shape index (κ1) is 21.8. The predicted molar refractivity (Wildman–Crippen MR) is 125 cm³/mol. The molecule has 0 spiro atoms. The molecule has 0 aliphatic carbocycles. The minimum absolute atomic E-state index is 0.0457. The summed E-state index contributed by atoms with van der Waals surface area (Å²) in [5, 5.41) is 0.524. The van der Waals surface area contributed by atoms with E-state index in [1.54, 1.807) is 58.0 Å². The molecule has 3 heterocycles. The van der Waals surface area contributed by atoms with Gasteiger partial charge in [-0.2, -0.15) is 4.31 Å². The molecule has 1 aromatic heterocycles. The second-order valence-corrected chi connectivity index (χ2v) is 10.5. The Labute approximate surface area is 192 Å². The Morgan fingerprint density at radius 2 is 1.64 bits per heavy atom. The number of hydrogen-bond acceptors (Lipinski definition) is 5. The van der Waals surface area contributed by atoms with Crippen molar-refractivity contribution in [2.75, 3.05) is 26.2 Å². The number of amides is 1. The molecule has 1 amide bonds. The first-order valence-corrected chi connectivity index (χ1v) is 12.8. The molecule has 2 aromatic carbocycles. The number of carbonyl (C=O) groups is 1. The summed E-state index contributed by atoms with van der Waals surface area (Å²) in [5.74, 6) is 0.611. The van der Waals surface area contributed by atoms with Crippen molar-refractivity contribution in [1.29, 1.82) is 0 Å². The summed E-state index contributed by atoms with van der Waals surface area (Å²) >= 11 is 0. The van der Waals surface area contributed by atoms with Crippen molar-refractivity contribution in [3.63, 3.8) is 0 Å². The van der Waals surface area contributed by atoms with Crippen molar-refractivity contribution in [2.24, 2.45) is 0 Å². The molecular formula is C24H26N4O4S. The molecule has 2 aliphatic heterocycles. The maximum absolute atomic E-state index is 13.1. The highest BCUT2D eigenvalue weighted by Gasteiger charge is 2.30. The topological polar surface area (TPSA) is 92.6 Å². The van der Waals surface area contributed by atoms with Gasteiger partial charge in [0, 0.05) is 44.7 Å². The highest BCUT2D eigenvalue weighted by molar-refractivity contribution is 7.89. The van der Waals surface area contributed by atoms with E-state index in [1.165, 1.54) is 4.31 Å². The summed E-state index contributed by atoms with van der Waals surface area (Å²) in [5.41, 5.74) is 0.965. The van der Waals surface area contributed by atoms with Gasteiger partial charge >= 0.3 is 0 Å². The molecule has 1 fully saturated rings. The number of piperazine rings is 1. The van der Waals surface area contributed by atoms with Crippen LogP contribution in [0.2, 0.25) is 0 Å². The van der Waals surface area contributed by atoms with Gasteiger partial charge in [0.25, 0.3) is 11.5 Å². The molecule has 0 atom stereocenters. The van der Waals surface area contributed by atoms with Crippen LogP contribution in [0.3, 0.4) is 0 Å². The van der Waals surface area contributed by atoms with Gasteiger partial charge in [0.1, 0.15) is 5.82 Å². The van der Waals surface area contributed by atoms with Gasteiger partial charge in [0.2, 0.25) is 10.0 Å². The molecule has 0 radical (unpaired) electrons. The van der Waals surface area contributed by atoms with E-state index in [2.05, 4.69) is 0 Å². The number of aryl methyl sites for hydroxylation is 1. The minimum atomic E-state index is -3.57. The van der Waals surface area contributed by atoms with Crippen LogP contribution < -0.4 is 5.56 Å². The van der Waals surface area contributed by atoms with Gasteiger partial charge in [0.15, 0.2) is 0 Å². The van der Waals surface area contributed by atoms with Crippen LogP contribution in [0.15, 0.2) is 58.2 Å². The first-order chi connectivity index (χ1) is 15.9. The average molecular weight is 467 g/mol. The number of fused-ring (bicyclic) bond motifs is 2. The molecule has 0 saturated carbocycles. The van der Waals surface area contributed by atoms with Crippen LogP contribution in [0.4, 0.5) is 0 Å². The molecular weight excluding hydrogens is 440 g/mol. The van der Waals surface area contributed by atoms with Crippen LogP contribution in [0.1, 0.15) is 35.4 Å². The smallest absolute Gasteiger partial charge is 0.261 e. The number of sulfonamides is 1. The van der Waals surface area contributed by atoms with E-state index in [4.69, 9.17) is 4.98 Å².